The molecule has 9 heteroatoms. The summed E-state index contributed by atoms with van der Waals surface area (Å²) in [6.45, 7) is 0.256. The molecule has 0 atom stereocenters. The molecule has 0 aliphatic carbocycles. The van der Waals surface area contributed by atoms with Crippen LogP contribution in [0.5, 0.6) is 17.2 Å². The molecule has 0 heterocycles. The van der Waals surface area contributed by atoms with Crippen LogP contribution in [-0.2, 0) is 6.61 Å². The van der Waals surface area contributed by atoms with E-state index in [4.69, 9.17) is 14.2 Å². The number of hydrogen-bond acceptors (Lipinski definition) is 5. The van der Waals surface area contributed by atoms with Gasteiger partial charge in [0.05, 0.1) is 24.0 Å². The second kappa shape index (κ2) is 11.3. The van der Waals surface area contributed by atoms with Gasteiger partial charge in [0, 0.05) is 15.6 Å². The maximum Gasteiger partial charge on any atom is 0.271 e. The Morgan fingerprint density at radius 3 is 2.47 bits per heavy atom. The van der Waals surface area contributed by atoms with Crippen LogP contribution in [0.1, 0.15) is 21.5 Å². The summed E-state index contributed by atoms with van der Waals surface area (Å²) >= 11 is 5.61. The second-order valence-electron chi connectivity index (χ2n) is 6.49. The number of benzene rings is 3. The molecule has 0 saturated carbocycles. The number of carbonyl (C=O) groups excluding carboxylic acids is 1. The number of hydrazone groups is 1. The lowest BCUT2D eigenvalue weighted by molar-refractivity contribution is 0.0954. The van der Waals surface area contributed by atoms with Gasteiger partial charge < -0.3 is 14.2 Å². The van der Waals surface area contributed by atoms with Crippen molar-refractivity contribution in [1.82, 2.24) is 5.43 Å². The molecular formula is C23H19BrFIN2O4. The standard InChI is InChI=1S/C23H19BrFIN2O4/c1-30-20-9-15(5-8-19(20)26)23(29)28-27-12-16-10-21(31-2)22(11-18(16)24)32-13-14-3-6-17(25)7-4-14/h3-12H,13H2,1-2H3,(H,28,29)/b27-12-. The number of halogens is 3. The molecule has 32 heavy (non-hydrogen) atoms. The van der Waals surface area contributed by atoms with Gasteiger partial charge in [-0.1, -0.05) is 12.1 Å². The Labute approximate surface area is 207 Å². The summed E-state index contributed by atoms with van der Waals surface area (Å²) in [4.78, 5) is 12.4. The predicted molar refractivity (Wildman–Crippen MR) is 132 cm³/mol. The minimum Gasteiger partial charge on any atom is -0.496 e. The summed E-state index contributed by atoms with van der Waals surface area (Å²) in [5.41, 5.74) is 4.43. The number of ether oxygens (including phenoxy) is 3. The number of hydrogen-bond donors (Lipinski definition) is 1. The number of amides is 1. The van der Waals surface area contributed by atoms with E-state index in [0.29, 0.717) is 32.8 Å². The summed E-state index contributed by atoms with van der Waals surface area (Å²) in [6.07, 6.45) is 1.50. The molecule has 0 fully saturated rings. The molecule has 0 saturated heterocycles. The quantitative estimate of drug-likeness (QED) is 0.206. The van der Waals surface area contributed by atoms with Gasteiger partial charge in [-0.15, -0.1) is 0 Å². The van der Waals surface area contributed by atoms with Crippen molar-refractivity contribution >= 4 is 50.6 Å². The summed E-state index contributed by atoms with van der Waals surface area (Å²) in [6, 6.07) is 14.7. The van der Waals surface area contributed by atoms with Gasteiger partial charge in [0.15, 0.2) is 11.5 Å². The molecule has 0 unspecified atom stereocenters. The highest BCUT2D eigenvalue weighted by molar-refractivity contribution is 14.1. The van der Waals surface area contributed by atoms with Gasteiger partial charge in [-0.2, -0.15) is 5.10 Å². The first-order valence-corrected chi connectivity index (χ1v) is 11.2. The SMILES string of the molecule is COc1cc(C(=O)N/N=C\c2cc(OC)c(OCc3ccc(F)cc3)cc2Br)ccc1I. The van der Waals surface area contributed by atoms with E-state index in [-0.39, 0.29) is 18.3 Å². The van der Waals surface area contributed by atoms with Crippen molar-refractivity contribution in [3.05, 3.63) is 85.1 Å². The van der Waals surface area contributed by atoms with Gasteiger partial charge in [0.1, 0.15) is 18.2 Å². The molecule has 3 aromatic carbocycles. The van der Waals surface area contributed by atoms with Crippen LogP contribution in [0.15, 0.2) is 64.2 Å². The zero-order valence-corrected chi connectivity index (χ0v) is 20.9. The van der Waals surface area contributed by atoms with Crippen molar-refractivity contribution in [1.29, 1.82) is 0 Å². The van der Waals surface area contributed by atoms with E-state index in [9.17, 15) is 9.18 Å². The Balaban J connectivity index is 1.69. The molecular weight excluding hydrogens is 594 g/mol. The van der Waals surface area contributed by atoms with Crippen LogP contribution < -0.4 is 19.6 Å². The van der Waals surface area contributed by atoms with Crippen molar-refractivity contribution in [2.24, 2.45) is 5.10 Å². The van der Waals surface area contributed by atoms with Gasteiger partial charge >= 0.3 is 0 Å². The molecule has 0 aliphatic rings. The smallest absolute Gasteiger partial charge is 0.271 e. The van der Waals surface area contributed by atoms with Crippen molar-refractivity contribution in [2.45, 2.75) is 6.61 Å². The number of methoxy groups -OCH3 is 2. The van der Waals surface area contributed by atoms with E-state index in [2.05, 4.69) is 49.0 Å². The molecule has 3 aromatic rings. The van der Waals surface area contributed by atoms with Crippen LogP contribution in [0, 0.1) is 9.39 Å². The lowest BCUT2D eigenvalue weighted by atomic mass is 10.2. The lowest BCUT2D eigenvalue weighted by Gasteiger charge is -2.13. The summed E-state index contributed by atoms with van der Waals surface area (Å²) < 4.78 is 31.1. The van der Waals surface area contributed by atoms with Crippen LogP contribution >= 0.6 is 38.5 Å². The average Bonchev–Trinajstić information content (AvgIpc) is 2.80. The van der Waals surface area contributed by atoms with Gasteiger partial charge in [-0.3, -0.25) is 4.79 Å². The second-order valence-corrected chi connectivity index (χ2v) is 8.50. The summed E-state index contributed by atoms with van der Waals surface area (Å²) in [5.74, 6) is 0.955. The Morgan fingerprint density at radius 2 is 1.78 bits per heavy atom. The normalized spacial score (nSPS) is 10.8. The van der Waals surface area contributed by atoms with Crippen LogP contribution in [-0.4, -0.2) is 26.3 Å². The van der Waals surface area contributed by atoms with Gasteiger partial charge in [0.25, 0.3) is 5.91 Å². The molecule has 166 valence electrons. The number of rotatable bonds is 8. The van der Waals surface area contributed by atoms with E-state index in [1.807, 2.05) is 0 Å². The first-order chi connectivity index (χ1) is 15.4. The fraction of sp³-hybridized carbons (Fsp3) is 0.130. The number of nitrogens with one attached hydrogen (secondary N) is 1. The minimum absolute atomic E-state index is 0.256. The number of nitrogens with zero attached hydrogens (tertiary/aromatic N) is 1. The molecule has 1 amide bonds. The van der Waals surface area contributed by atoms with E-state index in [0.717, 1.165) is 9.13 Å². The van der Waals surface area contributed by atoms with E-state index in [1.54, 1.807) is 49.6 Å². The first kappa shape index (κ1) is 24.0. The Morgan fingerprint density at radius 1 is 1.06 bits per heavy atom. The highest BCUT2D eigenvalue weighted by Crippen LogP contribution is 2.33. The Bertz CT molecular complexity index is 1140. The summed E-state index contributed by atoms with van der Waals surface area (Å²) in [7, 11) is 3.08. The van der Waals surface area contributed by atoms with Gasteiger partial charge in [-0.25, -0.2) is 9.82 Å². The van der Waals surface area contributed by atoms with Crippen molar-refractivity contribution in [3.8, 4) is 17.2 Å². The molecule has 6 nitrogen and oxygen atoms in total. The largest absolute Gasteiger partial charge is 0.496 e. The topological polar surface area (TPSA) is 69.2 Å². The van der Waals surface area contributed by atoms with Crippen molar-refractivity contribution < 1.29 is 23.4 Å². The van der Waals surface area contributed by atoms with Crippen LogP contribution in [0.25, 0.3) is 0 Å². The van der Waals surface area contributed by atoms with Crippen LogP contribution in [0.2, 0.25) is 0 Å². The molecule has 0 aliphatic heterocycles. The van der Waals surface area contributed by atoms with Gasteiger partial charge in [0.2, 0.25) is 0 Å². The van der Waals surface area contributed by atoms with Crippen molar-refractivity contribution in [3.63, 3.8) is 0 Å². The van der Waals surface area contributed by atoms with Crippen molar-refractivity contribution in [2.75, 3.05) is 14.2 Å². The third-order valence-electron chi connectivity index (χ3n) is 4.37. The zero-order chi connectivity index (χ0) is 23.1. The summed E-state index contributed by atoms with van der Waals surface area (Å²) in [5, 5.41) is 4.03. The molecule has 1 N–H and O–H groups in total. The Hall–Kier alpha value is -2.66. The third-order valence-corrected chi connectivity index (χ3v) is 5.95. The zero-order valence-electron chi connectivity index (χ0n) is 17.2. The fourth-order valence-corrected chi connectivity index (χ4v) is 3.67. The molecule has 0 bridgehead atoms. The first-order valence-electron chi connectivity index (χ1n) is 9.33. The lowest BCUT2D eigenvalue weighted by Crippen LogP contribution is -2.17. The third kappa shape index (κ3) is 6.19. The van der Waals surface area contributed by atoms with Crippen LogP contribution in [0.4, 0.5) is 4.39 Å². The average molecular weight is 613 g/mol. The maximum absolute atomic E-state index is 13.1. The highest BCUT2D eigenvalue weighted by Gasteiger charge is 2.11. The molecule has 0 radical (unpaired) electrons. The maximum atomic E-state index is 13.1. The van der Waals surface area contributed by atoms with E-state index in [1.165, 1.54) is 25.5 Å². The van der Waals surface area contributed by atoms with Gasteiger partial charge in [-0.05, 0) is 86.5 Å². The Kier molecular flexibility index (Phi) is 8.46. The van der Waals surface area contributed by atoms with E-state index >= 15 is 0 Å². The number of carbonyl (C=O) groups is 1. The molecule has 0 spiro atoms. The van der Waals surface area contributed by atoms with Crippen LogP contribution in [0.3, 0.4) is 0 Å². The predicted octanol–water partition coefficient (Wildman–Crippen LogP) is 5.55. The molecule has 0 aromatic heterocycles. The van der Waals surface area contributed by atoms with E-state index < -0.39 is 0 Å². The fourth-order valence-electron chi connectivity index (χ4n) is 2.69. The molecule has 3 rings (SSSR count). The minimum atomic E-state index is -0.363. The highest BCUT2D eigenvalue weighted by atomic mass is 127. The monoisotopic (exact) mass is 612 g/mol.